The number of aliphatic carboxylic acids is 1. The second-order valence-electron chi connectivity index (χ2n) is 2.52. The molecule has 1 rings (SSSR count). The molecule has 13 heavy (non-hydrogen) atoms. The highest BCUT2D eigenvalue weighted by molar-refractivity contribution is 5.95. The number of hydrogen-bond acceptors (Lipinski definition) is 3. The number of carbonyl (C=O) groups is 2. The van der Waals surface area contributed by atoms with Gasteiger partial charge in [-0.25, -0.2) is 0 Å². The number of carbonyl (C=O) groups excluding carboxylic acids is 1. The molecule has 70 valence electrons. The Morgan fingerprint density at radius 3 is 2.85 bits per heavy atom. The van der Waals surface area contributed by atoms with Crippen LogP contribution in [0.25, 0.3) is 0 Å². The molecule has 1 aromatic rings. The van der Waals surface area contributed by atoms with Gasteiger partial charge in [-0.2, -0.15) is 5.10 Å². The molecule has 0 spiro atoms. The molecule has 0 unspecified atom stereocenters. The van der Waals surface area contributed by atoms with E-state index in [1.54, 1.807) is 0 Å². The molecule has 0 aliphatic carbocycles. The van der Waals surface area contributed by atoms with Crippen LogP contribution in [0.3, 0.4) is 0 Å². The minimum Gasteiger partial charge on any atom is -0.480 e. The lowest BCUT2D eigenvalue weighted by atomic mass is 10.3. The van der Waals surface area contributed by atoms with E-state index in [1.807, 2.05) is 0 Å². The fourth-order valence-electron chi connectivity index (χ4n) is 0.717. The molecule has 0 saturated carbocycles. The van der Waals surface area contributed by atoms with Crippen LogP contribution in [0.5, 0.6) is 0 Å². The number of aromatic nitrogens is 2. The number of aromatic amines is 1. The van der Waals surface area contributed by atoms with Crippen LogP contribution in [-0.4, -0.2) is 33.2 Å². The zero-order chi connectivity index (χ0) is 9.84. The Labute approximate surface area is 74.0 Å². The van der Waals surface area contributed by atoms with E-state index in [9.17, 15) is 9.59 Å². The fraction of sp³-hybridized carbons (Fsp3) is 0.286. The van der Waals surface area contributed by atoms with Crippen molar-refractivity contribution in [3.63, 3.8) is 0 Å². The lowest BCUT2D eigenvalue weighted by molar-refractivity contribution is -0.138. The van der Waals surface area contributed by atoms with Crippen LogP contribution in [0.15, 0.2) is 12.4 Å². The topological polar surface area (TPSA) is 95.1 Å². The number of carboxylic acids is 1. The van der Waals surface area contributed by atoms with Gasteiger partial charge in [-0.1, -0.05) is 0 Å². The van der Waals surface area contributed by atoms with Crippen LogP contribution >= 0.6 is 0 Å². The van der Waals surface area contributed by atoms with E-state index in [0.717, 1.165) is 0 Å². The zero-order valence-electron chi connectivity index (χ0n) is 6.94. The van der Waals surface area contributed by atoms with E-state index in [1.165, 1.54) is 19.3 Å². The van der Waals surface area contributed by atoms with Crippen LogP contribution in [0.1, 0.15) is 17.3 Å². The summed E-state index contributed by atoms with van der Waals surface area (Å²) in [5, 5.41) is 16.8. The molecule has 1 aromatic heterocycles. The third-order valence-corrected chi connectivity index (χ3v) is 1.48. The molecule has 1 atom stereocenters. The Morgan fingerprint density at radius 1 is 1.69 bits per heavy atom. The number of H-pyrrole nitrogens is 1. The van der Waals surface area contributed by atoms with Crippen molar-refractivity contribution in [2.75, 3.05) is 0 Å². The van der Waals surface area contributed by atoms with E-state index >= 15 is 0 Å². The normalized spacial score (nSPS) is 12.1. The van der Waals surface area contributed by atoms with Crippen LogP contribution in [0.4, 0.5) is 0 Å². The highest BCUT2D eigenvalue weighted by atomic mass is 16.4. The van der Waals surface area contributed by atoms with Gasteiger partial charge < -0.3 is 10.4 Å². The Hall–Kier alpha value is -1.85. The standard InChI is InChI=1S/C7H9N3O3/c1-4(7(12)13)10-6(11)5-2-8-9-3-5/h2-4H,1H3,(H,8,9)(H,10,11)(H,12,13)/t4-/m1/s1. The summed E-state index contributed by atoms with van der Waals surface area (Å²) in [4.78, 5) is 21.6. The number of rotatable bonds is 3. The van der Waals surface area contributed by atoms with Gasteiger partial charge in [0.2, 0.25) is 0 Å². The van der Waals surface area contributed by atoms with Crippen LogP contribution in [-0.2, 0) is 4.79 Å². The predicted octanol–water partition coefficient (Wildman–Crippen LogP) is -0.387. The van der Waals surface area contributed by atoms with Gasteiger partial charge in [0, 0.05) is 6.20 Å². The summed E-state index contributed by atoms with van der Waals surface area (Å²) in [6.07, 6.45) is 2.72. The molecule has 0 aliphatic rings. The molecule has 6 nitrogen and oxygen atoms in total. The molecule has 0 bridgehead atoms. The number of hydrogen-bond donors (Lipinski definition) is 3. The highest BCUT2D eigenvalue weighted by Crippen LogP contribution is 1.94. The van der Waals surface area contributed by atoms with Crippen LogP contribution in [0, 0.1) is 0 Å². The zero-order valence-corrected chi connectivity index (χ0v) is 6.94. The van der Waals surface area contributed by atoms with Crippen molar-refractivity contribution >= 4 is 11.9 Å². The minimum atomic E-state index is -1.07. The molecule has 6 heteroatoms. The average Bonchev–Trinajstić information content (AvgIpc) is 2.55. The summed E-state index contributed by atoms with van der Waals surface area (Å²) >= 11 is 0. The van der Waals surface area contributed by atoms with Crippen molar-refractivity contribution < 1.29 is 14.7 Å². The van der Waals surface area contributed by atoms with Crippen molar-refractivity contribution in [1.82, 2.24) is 15.5 Å². The van der Waals surface area contributed by atoms with Gasteiger partial charge in [0.1, 0.15) is 6.04 Å². The number of nitrogens with zero attached hydrogens (tertiary/aromatic N) is 1. The van der Waals surface area contributed by atoms with Crippen molar-refractivity contribution in [2.24, 2.45) is 0 Å². The molecule has 0 saturated heterocycles. The second kappa shape index (κ2) is 3.70. The van der Waals surface area contributed by atoms with Crippen molar-refractivity contribution in [3.8, 4) is 0 Å². The van der Waals surface area contributed by atoms with E-state index in [0.29, 0.717) is 5.56 Å². The summed E-state index contributed by atoms with van der Waals surface area (Å²) < 4.78 is 0. The molecule has 1 amide bonds. The third-order valence-electron chi connectivity index (χ3n) is 1.48. The van der Waals surface area contributed by atoms with Gasteiger partial charge >= 0.3 is 5.97 Å². The smallest absolute Gasteiger partial charge is 0.325 e. The van der Waals surface area contributed by atoms with Crippen LogP contribution in [0.2, 0.25) is 0 Å². The maximum absolute atomic E-state index is 11.2. The first kappa shape index (κ1) is 9.24. The molecular weight excluding hydrogens is 174 g/mol. The number of amides is 1. The Morgan fingerprint density at radius 2 is 2.38 bits per heavy atom. The monoisotopic (exact) mass is 183 g/mol. The summed E-state index contributed by atoms with van der Waals surface area (Å²) in [6.45, 7) is 1.39. The van der Waals surface area contributed by atoms with Gasteiger partial charge in [-0.3, -0.25) is 14.7 Å². The lowest BCUT2D eigenvalue weighted by Gasteiger charge is -2.06. The molecule has 0 fully saturated rings. The minimum absolute atomic E-state index is 0.313. The highest BCUT2D eigenvalue weighted by Gasteiger charge is 2.15. The van der Waals surface area contributed by atoms with Gasteiger partial charge in [0.15, 0.2) is 0 Å². The Bertz CT molecular complexity index is 307. The first-order chi connectivity index (χ1) is 6.11. The summed E-state index contributed by atoms with van der Waals surface area (Å²) in [5.41, 5.74) is 0.313. The van der Waals surface area contributed by atoms with Crippen molar-refractivity contribution in [3.05, 3.63) is 18.0 Å². The molecule has 3 N–H and O–H groups in total. The number of carboxylic acid groups (broad SMARTS) is 1. The summed E-state index contributed by atoms with van der Waals surface area (Å²) in [5.74, 6) is -1.53. The predicted molar refractivity (Wildman–Crippen MR) is 43.2 cm³/mol. The van der Waals surface area contributed by atoms with Gasteiger partial charge in [0.25, 0.3) is 5.91 Å². The second-order valence-corrected chi connectivity index (χ2v) is 2.52. The molecule has 0 aliphatic heterocycles. The van der Waals surface area contributed by atoms with Gasteiger partial charge in [0.05, 0.1) is 11.8 Å². The Balaban J connectivity index is 2.56. The molecule has 0 radical (unpaired) electrons. The third kappa shape index (κ3) is 2.29. The largest absolute Gasteiger partial charge is 0.480 e. The van der Waals surface area contributed by atoms with E-state index in [-0.39, 0.29) is 0 Å². The molecule has 0 aromatic carbocycles. The quantitative estimate of drug-likeness (QED) is 0.594. The lowest BCUT2D eigenvalue weighted by Crippen LogP contribution is -2.38. The van der Waals surface area contributed by atoms with Gasteiger partial charge in [-0.05, 0) is 6.92 Å². The SMILES string of the molecule is C[C@@H](NC(=O)c1cn[nH]c1)C(=O)O. The fourth-order valence-corrected chi connectivity index (χ4v) is 0.717. The summed E-state index contributed by atoms with van der Waals surface area (Å²) in [6, 6.07) is -0.901. The molecular formula is C7H9N3O3. The first-order valence-corrected chi connectivity index (χ1v) is 3.63. The Kier molecular flexibility index (Phi) is 2.63. The van der Waals surface area contributed by atoms with Gasteiger partial charge in [-0.15, -0.1) is 0 Å². The first-order valence-electron chi connectivity index (χ1n) is 3.63. The van der Waals surface area contributed by atoms with E-state index in [2.05, 4.69) is 15.5 Å². The van der Waals surface area contributed by atoms with Crippen molar-refractivity contribution in [1.29, 1.82) is 0 Å². The average molecular weight is 183 g/mol. The van der Waals surface area contributed by atoms with E-state index < -0.39 is 17.9 Å². The summed E-state index contributed by atoms with van der Waals surface area (Å²) in [7, 11) is 0. The number of nitrogens with one attached hydrogen (secondary N) is 2. The molecule has 1 heterocycles. The van der Waals surface area contributed by atoms with E-state index in [4.69, 9.17) is 5.11 Å². The maximum atomic E-state index is 11.2. The van der Waals surface area contributed by atoms with Crippen LogP contribution < -0.4 is 5.32 Å². The van der Waals surface area contributed by atoms with Crippen molar-refractivity contribution in [2.45, 2.75) is 13.0 Å². The maximum Gasteiger partial charge on any atom is 0.325 e.